The molecule has 3 saturated carbocycles. The summed E-state index contributed by atoms with van der Waals surface area (Å²) in [6.45, 7) is 8.42. The average Bonchev–Trinajstić information content (AvgIpc) is 2.07. The average molecular weight is 196 g/mol. The number of carbonyl (C=O) groups excluding carboxylic acids is 1. The third-order valence-corrected chi connectivity index (χ3v) is 4.96. The van der Waals surface area contributed by atoms with E-state index in [9.17, 15) is 4.79 Å². The van der Waals surface area contributed by atoms with Crippen LogP contribution in [0.4, 0.5) is 0 Å². The Morgan fingerprint density at radius 2 is 1.93 bits per heavy atom. The lowest BCUT2D eigenvalue weighted by Gasteiger charge is -2.66. The number of rotatable bonds is 1. The highest BCUT2D eigenvalue weighted by molar-refractivity contribution is 5.66. The SMILES string of the molecule is CC(=O)O[C@H]1CC[C@H]2C[C@]1(C)C2(C)C. The molecule has 2 nitrogen and oxygen atoms in total. The molecule has 14 heavy (non-hydrogen) atoms. The first-order valence-corrected chi connectivity index (χ1v) is 5.55. The molecule has 0 N–H and O–H groups in total. The molecule has 3 rings (SSSR count). The molecule has 0 spiro atoms. The van der Waals surface area contributed by atoms with Crippen molar-refractivity contribution in [2.24, 2.45) is 16.7 Å². The van der Waals surface area contributed by atoms with Gasteiger partial charge in [-0.3, -0.25) is 4.79 Å². The zero-order valence-corrected chi connectivity index (χ0v) is 9.59. The van der Waals surface area contributed by atoms with Gasteiger partial charge in [-0.25, -0.2) is 0 Å². The van der Waals surface area contributed by atoms with E-state index < -0.39 is 0 Å². The lowest BCUT2D eigenvalue weighted by atomic mass is 9.39. The minimum Gasteiger partial charge on any atom is -0.462 e. The van der Waals surface area contributed by atoms with Crippen molar-refractivity contribution in [2.45, 2.75) is 53.1 Å². The van der Waals surface area contributed by atoms with E-state index in [0.717, 1.165) is 12.3 Å². The molecule has 0 radical (unpaired) electrons. The summed E-state index contributed by atoms with van der Waals surface area (Å²) in [5, 5.41) is 0. The number of carbonyl (C=O) groups is 1. The van der Waals surface area contributed by atoms with E-state index in [4.69, 9.17) is 4.74 Å². The molecular formula is C12H20O2. The van der Waals surface area contributed by atoms with Crippen LogP contribution in [0.5, 0.6) is 0 Å². The van der Waals surface area contributed by atoms with Crippen molar-refractivity contribution >= 4 is 5.97 Å². The quantitative estimate of drug-likeness (QED) is 0.603. The fourth-order valence-electron chi connectivity index (χ4n) is 3.43. The summed E-state index contributed by atoms with van der Waals surface area (Å²) >= 11 is 0. The molecule has 2 bridgehead atoms. The van der Waals surface area contributed by atoms with Crippen LogP contribution in [0.15, 0.2) is 0 Å². The van der Waals surface area contributed by atoms with Crippen molar-refractivity contribution in [1.29, 1.82) is 0 Å². The van der Waals surface area contributed by atoms with Crippen LogP contribution in [-0.2, 0) is 9.53 Å². The molecule has 3 aliphatic rings. The second kappa shape index (κ2) is 2.74. The third kappa shape index (κ3) is 1.06. The Labute approximate surface area is 86.0 Å². The summed E-state index contributed by atoms with van der Waals surface area (Å²) in [4.78, 5) is 11.0. The molecule has 0 aliphatic heterocycles. The first kappa shape index (κ1) is 10.0. The minimum absolute atomic E-state index is 0.127. The van der Waals surface area contributed by atoms with Crippen LogP contribution in [0.3, 0.4) is 0 Å². The van der Waals surface area contributed by atoms with Crippen LogP contribution in [0.2, 0.25) is 0 Å². The zero-order valence-electron chi connectivity index (χ0n) is 9.59. The minimum atomic E-state index is -0.127. The predicted molar refractivity (Wildman–Crippen MR) is 54.8 cm³/mol. The highest BCUT2D eigenvalue weighted by Gasteiger charge is 2.64. The number of ether oxygens (including phenoxy) is 1. The first-order valence-electron chi connectivity index (χ1n) is 5.55. The van der Waals surface area contributed by atoms with Crippen molar-refractivity contribution in [3.8, 4) is 0 Å². The Morgan fingerprint density at radius 1 is 1.29 bits per heavy atom. The number of hydrogen-bond acceptors (Lipinski definition) is 2. The van der Waals surface area contributed by atoms with Gasteiger partial charge in [0.25, 0.3) is 0 Å². The van der Waals surface area contributed by atoms with Crippen LogP contribution in [0.25, 0.3) is 0 Å². The standard InChI is InChI=1S/C12H20O2/c1-8(13)14-10-6-5-9-7-12(10,4)11(9,2)3/h9-10H,5-7H2,1-4H3/t9-,10-,12-/m0/s1. The lowest BCUT2D eigenvalue weighted by molar-refractivity contribution is -0.227. The molecule has 0 heterocycles. The van der Waals surface area contributed by atoms with E-state index in [1.807, 2.05) is 0 Å². The second-order valence-electron chi connectivity index (χ2n) is 5.72. The maximum Gasteiger partial charge on any atom is 0.302 e. The molecule has 0 unspecified atom stereocenters. The number of esters is 1. The van der Waals surface area contributed by atoms with Crippen molar-refractivity contribution in [1.82, 2.24) is 0 Å². The lowest BCUT2D eigenvalue weighted by Crippen LogP contribution is -2.63. The van der Waals surface area contributed by atoms with E-state index in [0.29, 0.717) is 5.41 Å². The Hall–Kier alpha value is -0.530. The largest absolute Gasteiger partial charge is 0.462 e. The Balaban J connectivity index is 2.16. The van der Waals surface area contributed by atoms with E-state index >= 15 is 0 Å². The van der Waals surface area contributed by atoms with Gasteiger partial charge in [0.05, 0.1) is 0 Å². The van der Waals surface area contributed by atoms with Gasteiger partial charge < -0.3 is 4.74 Å². The summed E-state index contributed by atoms with van der Waals surface area (Å²) in [6, 6.07) is 0. The third-order valence-electron chi connectivity index (χ3n) is 4.96. The van der Waals surface area contributed by atoms with Gasteiger partial charge in [0, 0.05) is 12.3 Å². The molecule has 3 aliphatic carbocycles. The molecule has 3 fully saturated rings. The smallest absolute Gasteiger partial charge is 0.302 e. The van der Waals surface area contributed by atoms with Crippen LogP contribution in [0, 0.1) is 16.7 Å². The van der Waals surface area contributed by atoms with Crippen LogP contribution >= 0.6 is 0 Å². The molecule has 0 saturated heterocycles. The van der Waals surface area contributed by atoms with Gasteiger partial charge in [-0.05, 0) is 30.6 Å². The summed E-state index contributed by atoms with van der Waals surface area (Å²) in [6.07, 6.45) is 3.67. The van der Waals surface area contributed by atoms with E-state index in [2.05, 4.69) is 20.8 Å². The topological polar surface area (TPSA) is 26.3 Å². The Morgan fingerprint density at radius 3 is 2.43 bits per heavy atom. The van der Waals surface area contributed by atoms with Gasteiger partial charge >= 0.3 is 5.97 Å². The van der Waals surface area contributed by atoms with Crippen LogP contribution in [0.1, 0.15) is 47.0 Å². The highest BCUT2D eigenvalue weighted by atomic mass is 16.5. The Bertz CT molecular complexity index is 269. The molecule has 0 amide bonds. The van der Waals surface area contributed by atoms with Gasteiger partial charge in [-0.1, -0.05) is 20.8 Å². The fourth-order valence-corrected chi connectivity index (χ4v) is 3.43. The maximum atomic E-state index is 11.0. The van der Waals surface area contributed by atoms with Crippen LogP contribution < -0.4 is 0 Å². The highest BCUT2D eigenvalue weighted by Crippen LogP contribution is 2.67. The summed E-state index contributed by atoms with van der Waals surface area (Å²) in [5.74, 6) is 0.719. The summed E-state index contributed by atoms with van der Waals surface area (Å²) in [7, 11) is 0. The van der Waals surface area contributed by atoms with E-state index in [-0.39, 0.29) is 17.5 Å². The van der Waals surface area contributed by atoms with Gasteiger partial charge in [-0.2, -0.15) is 0 Å². The predicted octanol–water partition coefficient (Wildman–Crippen LogP) is 2.76. The molecular weight excluding hydrogens is 176 g/mol. The van der Waals surface area contributed by atoms with Crippen molar-refractivity contribution in [3.63, 3.8) is 0 Å². The Kier molecular flexibility index (Phi) is 1.96. The fraction of sp³-hybridized carbons (Fsp3) is 0.917. The first-order chi connectivity index (χ1) is 6.38. The van der Waals surface area contributed by atoms with E-state index in [1.54, 1.807) is 0 Å². The molecule has 80 valence electrons. The van der Waals surface area contributed by atoms with Crippen molar-refractivity contribution in [3.05, 3.63) is 0 Å². The monoisotopic (exact) mass is 196 g/mol. The summed E-state index contributed by atoms with van der Waals surface area (Å²) in [5.41, 5.74) is 0.576. The number of fused-ring (bicyclic) bond motifs is 2. The second-order valence-corrected chi connectivity index (χ2v) is 5.72. The molecule has 2 heteroatoms. The van der Waals surface area contributed by atoms with Gasteiger partial charge in [0.1, 0.15) is 6.10 Å². The normalized spacial score (nSPS) is 44.0. The molecule has 0 aromatic rings. The molecule has 3 atom stereocenters. The van der Waals surface area contributed by atoms with E-state index in [1.165, 1.54) is 19.8 Å². The number of hydrogen-bond donors (Lipinski definition) is 0. The summed E-state index contributed by atoms with van der Waals surface area (Å²) < 4.78 is 5.44. The van der Waals surface area contributed by atoms with Crippen molar-refractivity contribution < 1.29 is 9.53 Å². The van der Waals surface area contributed by atoms with Gasteiger partial charge in [0.15, 0.2) is 0 Å². The molecule has 0 aromatic carbocycles. The van der Waals surface area contributed by atoms with Gasteiger partial charge in [0.2, 0.25) is 0 Å². The molecule has 0 aromatic heterocycles. The van der Waals surface area contributed by atoms with Gasteiger partial charge in [-0.15, -0.1) is 0 Å². The zero-order chi connectivity index (χ0) is 10.6. The van der Waals surface area contributed by atoms with Crippen LogP contribution in [-0.4, -0.2) is 12.1 Å². The van der Waals surface area contributed by atoms with Crippen molar-refractivity contribution in [2.75, 3.05) is 0 Å². The maximum absolute atomic E-state index is 11.0.